The minimum absolute atomic E-state index is 0.0256. The molecule has 0 amide bonds. The molecule has 0 saturated heterocycles. The van der Waals surface area contributed by atoms with Crippen molar-refractivity contribution in [3.63, 3.8) is 0 Å². The van der Waals surface area contributed by atoms with Crippen molar-refractivity contribution < 1.29 is 18.3 Å². The molecule has 0 aliphatic rings. The van der Waals surface area contributed by atoms with E-state index in [0.29, 0.717) is 11.3 Å². The summed E-state index contributed by atoms with van der Waals surface area (Å²) in [6.45, 7) is 3.13. The number of hydrogen-bond acceptors (Lipinski definition) is 4. The molecule has 1 aromatic heterocycles. The standard InChI is InChI=1S/C12H13N3O4S/c1-7-9(12(16)17)4-3-5-10(7)15-20(18,19)11-6-13-14-8(11)2/h3-6,15H,1-2H3,(H,13,14)(H,16,17). The zero-order valence-electron chi connectivity index (χ0n) is 10.8. The van der Waals surface area contributed by atoms with Crippen molar-refractivity contribution in [3.8, 4) is 0 Å². The van der Waals surface area contributed by atoms with Gasteiger partial charge in [0, 0.05) is 0 Å². The third-order valence-electron chi connectivity index (χ3n) is 2.88. The van der Waals surface area contributed by atoms with Crippen LogP contribution >= 0.6 is 0 Å². The molecule has 0 unspecified atom stereocenters. The van der Waals surface area contributed by atoms with Gasteiger partial charge in [-0.2, -0.15) is 5.10 Å². The lowest BCUT2D eigenvalue weighted by molar-refractivity contribution is 0.0696. The molecular formula is C12H13N3O4S. The van der Waals surface area contributed by atoms with Crippen LogP contribution in [0.15, 0.2) is 29.3 Å². The van der Waals surface area contributed by atoms with E-state index in [9.17, 15) is 13.2 Å². The molecule has 0 atom stereocenters. The second-order valence-corrected chi connectivity index (χ2v) is 5.90. The Balaban J connectivity index is 2.43. The maximum absolute atomic E-state index is 12.2. The number of carbonyl (C=O) groups is 1. The van der Waals surface area contributed by atoms with Gasteiger partial charge in [-0.15, -0.1) is 0 Å². The average molecular weight is 295 g/mol. The van der Waals surface area contributed by atoms with E-state index >= 15 is 0 Å². The van der Waals surface area contributed by atoms with E-state index in [-0.39, 0.29) is 16.1 Å². The van der Waals surface area contributed by atoms with Gasteiger partial charge in [0.2, 0.25) is 0 Å². The fourth-order valence-electron chi connectivity index (χ4n) is 1.79. The number of nitrogens with zero attached hydrogens (tertiary/aromatic N) is 1. The van der Waals surface area contributed by atoms with E-state index in [0.717, 1.165) is 0 Å². The molecule has 3 N–H and O–H groups in total. The Hall–Kier alpha value is -2.35. The number of anilines is 1. The number of hydrogen-bond donors (Lipinski definition) is 3. The molecule has 8 heteroatoms. The van der Waals surface area contributed by atoms with Crippen LogP contribution < -0.4 is 4.72 Å². The summed E-state index contributed by atoms with van der Waals surface area (Å²) >= 11 is 0. The summed E-state index contributed by atoms with van der Waals surface area (Å²) in [5.74, 6) is -1.11. The van der Waals surface area contributed by atoms with E-state index < -0.39 is 16.0 Å². The van der Waals surface area contributed by atoms with Crippen LogP contribution in [0.25, 0.3) is 0 Å². The van der Waals surface area contributed by atoms with Gasteiger partial charge in [0.15, 0.2) is 0 Å². The normalized spacial score (nSPS) is 11.3. The Morgan fingerprint density at radius 1 is 1.35 bits per heavy atom. The molecule has 0 bridgehead atoms. The van der Waals surface area contributed by atoms with Gasteiger partial charge in [0.1, 0.15) is 4.90 Å². The van der Waals surface area contributed by atoms with E-state index in [1.54, 1.807) is 13.8 Å². The molecule has 0 aliphatic carbocycles. The Kier molecular flexibility index (Phi) is 3.49. The highest BCUT2D eigenvalue weighted by atomic mass is 32.2. The summed E-state index contributed by atoms with van der Waals surface area (Å²) < 4.78 is 26.8. The molecule has 1 aromatic carbocycles. The molecule has 0 aliphatic heterocycles. The van der Waals surface area contributed by atoms with Crippen LogP contribution in [0.2, 0.25) is 0 Å². The number of sulfonamides is 1. The van der Waals surface area contributed by atoms with Crippen LogP contribution in [0.5, 0.6) is 0 Å². The highest BCUT2D eigenvalue weighted by Gasteiger charge is 2.20. The van der Waals surface area contributed by atoms with Crippen molar-refractivity contribution in [3.05, 3.63) is 41.2 Å². The number of aromatic nitrogens is 2. The lowest BCUT2D eigenvalue weighted by Gasteiger charge is -2.11. The van der Waals surface area contributed by atoms with Crippen LogP contribution in [0.4, 0.5) is 5.69 Å². The number of aromatic carboxylic acids is 1. The number of carboxylic acid groups (broad SMARTS) is 1. The molecular weight excluding hydrogens is 282 g/mol. The quantitative estimate of drug-likeness (QED) is 0.791. The van der Waals surface area contributed by atoms with Crippen molar-refractivity contribution >= 4 is 21.7 Å². The third-order valence-corrected chi connectivity index (χ3v) is 4.36. The molecule has 2 rings (SSSR count). The van der Waals surface area contributed by atoms with Gasteiger partial charge in [-0.25, -0.2) is 13.2 Å². The number of aromatic amines is 1. The number of carboxylic acids is 1. The first kappa shape index (κ1) is 14.1. The Labute approximate surface area is 115 Å². The summed E-state index contributed by atoms with van der Waals surface area (Å²) in [7, 11) is -3.80. The summed E-state index contributed by atoms with van der Waals surface area (Å²) in [5.41, 5.74) is 1.04. The minimum atomic E-state index is -3.80. The van der Waals surface area contributed by atoms with Crippen molar-refractivity contribution in [2.24, 2.45) is 0 Å². The first-order chi connectivity index (χ1) is 9.33. The van der Waals surface area contributed by atoms with Crippen molar-refractivity contribution in [2.75, 3.05) is 4.72 Å². The van der Waals surface area contributed by atoms with Gasteiger partial charge >= 0.3 is 5.97 Å². The minimum Gasteiger partial charge on any atom is -0.478 e. The Morgan fingerprint density at radius 3 is 2.60 bits per heavy atom. The van der Waals surface area contributed by atoms with E-state index in [1.807, 2.05) is 0 Å². The van der Waals surface area contributed by atoms with Crippen molar-refractivity contribution in [2.45, 2.75) is 18.7 Å². The number of H-pyrrole nitrogens is 1. The van der Waals surface area contributed by atoms with Crippen LogP contribution in [-0.4, -0.2) is 29.7 Å². The smallest absolute Gasteiger partial charge is 0.336 e. The number of benzene rings is 1. The SMILES string of the molecule is Cc1[nH]ncc1S(=O)(=O)Nc1cccc(C(=O)O)c1C. The first-order valence-corrected chi connectivity index (χ1v) is 7.17. The molecule has 0 saturated carbocycles. The fourth-order valence-corrected chi connectivity index (χ4v) is 3.05. The number of nitrogens with one attached hydrogen (secondary N) is 2. The van der Waals surface area contributed by atoms with Crippen molar-refractivity contribution in [1.29, 1.82) is 0 Å². The summed E-state index contributed by atoms with van der Waals surface area (Å²) in [6.07, 6.45) is 1.20. The van der Waals surface area contributed by atoms with Crippen LogP contribution in [-0.2, 0) is 10.0 Å². The maximum atomic E-state index is 12.2. The Morgan fingerprint density at radius 2 is 2.05 bits per heavy atom. The number of rotatable bonds is 4. The summed E-state index contributed by atoms with van der Waals surface area (Å²) in [4.78, 5) is 11.1. The second-order valence-electron chi connectivity index (χ2n) is 4.25. The number of aryl methyl sites for hydroxylation is 1. The largest absolute Gasteiger partial charge is 0.478 e. The summed E-state index contributed by atoms with van der Waals surface area (Å²) in [6, 6.07) is 4.41. The van der Waals surface area contributed by atoms with Gasteiger partial charge in [-0.1, -0.05) is 6.07 Å². The topological polar surface area (TPSA) is 112 Å². The lowest BCUT2D eigenvalue weighted by Crippen LogP contribution is -2.15. The summed E-state index contributed by atoms with van der Waals surface area (Å²) in [5, 5.41) is 15.2. The van der Waals surface area contributed by atoms with Crippen LogP contribution in [0.3, 0.4) is 0 Å². The zero-order valence-corrected chi connectivity index (χ0v) is 11.7. The van der Waals surface area contributed by atoms with Crippen LogP contribution in [0, 0.1) is 13.8 Å². The second kappa shape index (κ2) is 4.97. The highest BCUT2D eigenvalue weighted by molar-refractivity contribution is 7.92. The molecule has 0 fully saturated rings. The third kappa shape index (κ3) is 2.50. The maximum Gasteiger partial charge on any atom is 0.336 e. The molecule has 0 spiro atoms. The van der Waals surface area contributed by atoms with Gasteiger partial charge in [0.05, 0.1) is 23.1 Å². The van der Waals surface area contributed by atoms with Gasteiger partial charge in [0.25, 0.3) is 10.0 Å². The molecule has 20 heavy (non-hydrogen) atoms. The van der Waals surface area contributed by atoms with Gasteiger partial charge in [-0.05, 0) is 31.5 Å². The van der Waals surface area contributed by atoms with Gasteiger partial charge < -0.3 is 5.11 Å². The molecule has 2 aromatic rings. The molecule has 106 valence electrons. The van der Waals surface area contributed by atoms with Gasteiger partial charge in [-0.3, -0.25) is 9.82 Å². The average Bonchev–Trinajstić information content (AvgIpc) is 2.78. The highest BCUT2D eigenvalue weighted by Crippen LogP contribution is 2.23. The zero-order chi connectivity index (χ0) is 14.9. The van der Waals surface area contributed by atoms with Crippen LogP contribution in [0.1, 0.15) is 21.6 Å². The van der Waals surface area contributed by atoms with E-state index in [2.05, 4.69) is 14.9 Å². The molecule has 7 nitrogen and oxygen atoms in total. The molecule has 0 radical (unpaired) electrons. The predicted octanol–water partition coefficient (Wildman–Crippen LogP) is 1.53. The van der Waals surface area contributed by atoms with E-state index in [1.165, 1.54) is 24.4 Å². The first-order valence-electron chi connectivity index (χ1n) is 5.68. The van der Waals surface area contributed by atoms with E-state index in [4.69, 9.17) is 5.11 Å². The fraction of sp³-hybridized carbons (Fsp3) is 0.167. The molecule has 1 heterocycles. The Bertz CT molecular complexity index is 765. The monoisotopic (exact) mass is 295 g/mol. The lowest BCUT2D eigenvalue weighted by atomic mass is 10.1. The predicted molar refractivity (Wildman–Crippen MR) is 72.3 cm³/mol. The van der Waals surface area contributed by atoms with Crippen molar-refractivity contribution in [1.82, 2.24) is 10.2 Å².